The third-order valence-electron chi connectivity index (χ3n) is 3.89. The van der Waals surface area contributed by atoms with E-state index in [4.69, 9.17) is 4.74 Å². The highest BCUT2D eigenvalue weighted by molar-refractivity contribution is 5.67. The first-order valence-electron chi connectivity index (χ1n) is 7.45. The van der Waals surface area contributed by atoms with E-state index in [1.807, 2.05) is 0 Å². The molecule has 2 amide bonds. The van der Waals surface area contributed by atoms with Crippen LogP contribution in [-0.4, -0.2) is 38.5 Å². The maximum atomic E-state index is 11.5. The Balaban J connectivity index is 2.66. The summed E-state index contributed by atoms with van der Waals surface area (Å²) in [7, 11) is 1.37. The Bertz CT molecular complexity index is 384. The van der Waals surface area contributed by atoms with Crippen molar-refractivity contribution in [3.05, 3.63) is 0 Å². The Hall–Kier alpha value is -1.46. The van der Waals surface area contributed by atoms with Crippen molar-refractivity contribution in [2.24, 2.45) is 10.8 Å². The first-order chi connectivity index (χ1) is 9.69. The van der Waals surface area contributed by atoms with Crippen LogP contribution < -0.4 is 10.6 Å². The second-order valence-electron chi connectivity index (χ2n) is 6.97. The van der Waals surface area contributed by atoms with E-state index in [1.165, 1.54) is 7.11 Å². The highest BCUT2D eigenvalue weighted by atomic mass is 16.5. The van der Waals surface area contributed by atoms with Gasteiger partial charge < -0.3 is 20.1 Å². The Morgan fingerprint density at radius 2 is 1.86 bits per heavy atom. The standard InChI is InChI=1S/C15H28N2O4/c1-6-21-12(18)16-10-15(4)8-11(17-13(19)20-5)7-14(2,3)9-15/h11H,6-10H2,1-5H3,(H,16,18)(H,17,19). The monoisotopic (exact) mass is 300 g/mol. The van der Waals surface area contributed by atoms with E-state index in [9.17, 15) is 9.59 Å². The van der Waals surface area contributed by atoms with Gasteiger partial charge in [-0.25, -0.2) is 9.59 Å². The molecule has 0 saturated heterocycles. The van der Waals surface area contributed by atoms with Crippen LogP contribution in [0.1, 0.15) is 47.0 Å². The van der Waals surface area contributed by atoms with Crippen molar-refractivity contribution in [3.63, 3.8) is 0 Å². The minimum Gasteiger partial charge on any atom is -0.453 e. The lowest BCUT2D eigenvalue weighted by molar-refractivity contribution is 0.0650. The largest absolute Gasteiger partial charge is 0.453 e. The lowest BCUT2D eigenvalue weighted by Crippen LogP contribution is -2.50. The summed E-state index contributed by atoms with van der Waals surface area (Å²) in [6.07, 6.45) is 1.89. The van der Waals surface area contributed by atoms with Crippen molar-refractivity contribution < 1.29 is 19.1 Å². The van der Waals surface area contributed by atoms with Gasteiger partial charge in [-0.15, -0.1) is 0 Å². The molecule has 2 N–H and O–H groups in total. The van der Waals surface area contributed by atoms with E-state index in [1.54, 1.807) is 6.92 Å². The molecule has 0 aromatic carbocycles. The molecule has 1 aliphatic rings. The maximum Gasteiger partial charge on any atom is 0.407 e. The molecule has 1 fully saturated rings. The van der Waals surface area contributed by atoms with Crippen LogP contribution in [0, 0.1) is 10.8 Å². The van der Waals surface area contributed by atoms with Gasteiger partial charge in [-0.3, -0.25) is 0 Å². The molecule has 2 atom stereocenters. The second kappa shape index (κ2) is 7.00. The fourth-order valence-electron chi connectivity index (χ4n) is 3.56. The highest BCUT2D eigenvalue weighted by Gasteiger charge is 2.42. The number of rotatable bonds is 4. The smallest absolute Gasteiger partial charge is 0.407 e. The minimum atomic E-state index is -0.404. The third kappa shape index (κ3) is 5.81. The van der Waals surface area contributed by atoms with Crippen molar-refractivity contribution in [1.29, 1.82) is 0 Å². The van der Waals surface area contributed by atoms with Gasteiger partial charge in [0.25, 0.3) is 0 Å². The number of ether oxygens (including phenoxy) is 2. The first kappa shape index (κ1) is 17.6. The van der Waals surface area contributed by atoms with E-state index in [2.05, 4.69) is 36.1 Å². The van der Waals surface area contributed by atoms with Gasteiger partial charge in [0.2, 0.25) is 0 Å². The van der Waals surface area contributed by atoms with E-state index in [0.717, 1.165) is 19.3 Å². The number of hydrogen-bond donors (Lipinski definition) is 2. The molecule has 0 heterocycles. The lowest BCUT2D eigenvalue weighted by atomic mass is 9.62. The summed E-state index contributed by atoms with van der Waals surface area (Å²) in [4.78, 5) is 22.9. The average Bonchev–Trinajstić information content (AvgIpc) is 2.34. The Morgan fingerprint density at radius 3 is 2.43 bits per heavy atom. The Kier molecular flexibility index (Phi) is 5.87. The van der Waals surface area contributed by atoms with Crippen molar-refractivity contribution >= 4 is 12.2 Å². The molecule has 0 radical (unpaired) electrons. The summed E-state index contributed by atoms with van der Waals surface area (Å²) in [5.41, 5.74) is 0.00916. The molecule has 21 heavy (non-hydrogen) atoms. The third-order valence-corrected chi connectivity index (χ3v) is 3.89. The zero-order valence-corrected chi connectivity index (χ0v) is 13.7. The van der Waals surface area contributed by atoms with Crippen LogP contribution in [0.3, 0.4) is 0 Å². The van der Waals surface area contributed by atoms with Crippen LogP contribution >= 0.6 is 0 Å². The van der Waals surface area contributed by atoms with Crippen molar-refractivity contribution in [2.45, 2.75) is 53.0 Å². The average molecular weight is 300 g/mol. The summed E-state index contributed by atoms with van der Waals surface area (Å²) >= 11 is 0. The van der Waals surface area contributed by atoms with Crippen molar-refractivity contribution in [1.82, 2.24) is 10.6 Å². The SMILES string of the molecule is CCOC(=O)NCC1(C)CC(NC(=O)OC)CC(C)(C)C1. The number of carbonyl (C=O) groups is 2. The van der Waals surface area contributed by atoms with Gasteiger partial charge in [-0.2, -0.15) is 0 Å². The molecule has 0 aromatic heterocycles. The predicted octanol–water partition coefficient (Wildman–Crippen LogP) is 2.67. The molecule has 0 bridgehead atoms. The second-order valence-corrected chi connectivity index (χ2v) is 6.97. The summed E-state index contributed by atoms with van der Waals surface area (Å²) in [6.45, 7) is 9.17. The Labute approximate surface area is 126 Å². The molecule has 0 aromatic rings. The number of nitrogens with one attached hydrogen (secondary N) is 2. The Morgan fingerprint density at radius 1 is 1.19 bits per heavy atom. The molecule has 0 aliphatic heterocycles. The van der Waals surface area contributed by atoms with Crippen LogP contribution in [-0.2, 0) is 9.47 Å². The molecule has 122 valence electrons. The van der Waals surface area contributed by atoms with Crippen LogP contribution in [0.15, 0.2) is 0 Å². The topological polar surface area (TPSA) is 76.7 Å². The van der Waals surface area contributed by atoms with Gasteiger partial charge in [0.1, 0.15) is 0 Å². The van der Waals surface area contributed by atoms with Gasteiger partial charge in [0.15, 0.2) is 0 Å². The van der Waals surface area contributed by atoms with Crippen molar-refractivity contribution in [2.75, 3.05) is 20.3 Å². The van der Waals surface area contributed by atoms with Gasteiger partial charge in [0, 0.05) is 12.6 Å². The molecular weight excluding hydrogens is 272 g/mol. The zero-order valence-electron chi connectivity index (χ0n) is 13.7. The summed E-state index contributed by atoms with van der Waals surface area (Å²) in [5.74, 6) is 0. The summed E-state index contributed by atoms with van der Waals surface area (Å²) in [5, 5.41) is 5.70. The van der Waals surface area contributed by atoms with E-state index in [0.29, 0.717) is 13.2 Å². The van der Waals surface area contributed by atoms with Crippen molar-refractivity contribution in [3.8, 4) is 0 Å². The molecule has 2 unspecified atom stereocenters. The normalized spacial score (nSPS) is 27.6. The van der Waals surface area contributed by atoms with Crippen LogP contribution in [0.5, 0.6) is 0 Å². The molecule has 6 nitrogen and oxygen atoms in total. The lowest BCUT2D eigenvalue weighted by Gasteiger charge is -2.46. The number of methoxy groups -OCH3 is 1. The highest BCUT2D eigenvalue weighted by Crippen LogP contribution is 2.45. The maximum absolute atomic E-state index is 11.5. The summed E-state index contributed by atoms with van der Waals surface area (Å²) < 4.78 is 9.58. The van der Waals surface area contributed by atoms with Crippen LogP contribution in [0.4, 0.5) is 9.59 Å². The van der Waals surface area contributed by atoms with E-state index >= 15 is 0 Å². The fourth-order valence-corrected chi connectivity index (χ4v) is 3.56. The number of carbonyl (C=O) groups excluding carboxylic acids is 2. The van der Waals surface area contributed by atoms with E-state index in [-0.39, 0.29) is 23.0 Å². The number of hydrogen-bond acceptors (Lipinski definition) is 4. The molecule has 0 spiro atoms. The zero-order chi connectivity index (χ0) is 16.1. The molecule has 1 saturated carbocycles. The number of amides is 2. The minimum absolute atomic E-state index is 0.0511. The van der Waals surface area contributed by atoms with Gasteiger partial charge in [-0.1, -0.05) is 20.8 Å². The van der Waals surface area contributed by atoms with Gasteiger partial charge in [0.05, 0.1) is 13.7 Å². The van der Waals surface area contributed by atoms with E-state index < -0.39 is 6.09 Å². The van der Waals surface area contributed by atoms with Crippen LogP contribution in [0.2, 0.25) is 0 Å². The first-order valence-corrected chi connectivity index (χ1v) is 7.45. The molecule has 1 aliphatic carbocycles. The number of alkyl carbamates (subject to hydrolysis) is 2. The summed E-state index contributed by atoms with van der Waals surface area (Å²) in [6, 6.07) is 0.0511. The van der Waals surface area contributed by atoms with Gasteiger partial charge >= 0.3 is 12.2 Å². The molecule has 1 rings (SSSR count). The quantitative estimate of drug-likeness (QED) is 0.837. The fraction of sp³-hybridized carbons (Fsp3) is 0.867. The predicted molar refractivity (Wildman–Crippen MR) is 80.1 cm³/mol. The van der Waals surface area contributed by atoms with Gasteiger partial charge in [-0.05, 0) is 37.0 Å². The van der Waals surface area contributed by atoms with Crippen LogP contribution in [0.25, 0.3) is 0 Å². The molecule has 6 heteroatoms. The molecular formula is C15H28N2O4.